The summed E-state index contributed by atoms with van der Waals surface area (Å²) in [4.78, 5) is 20.3. The lowest BCUT2D eigenvalue weighted by molar-refractivity contribution is 0.0615. The fraction of sp³-hybridized carbons (Fsp3) is 0.318. The Labute approximate surface area is 159 Å². The van der Waals surface area contributed by atoms with Crippen molar-refractivity contribution in [2.75, 3.05) is 39.3 Å². The quantitative estimate of drug-likeness (QED) is 0.757. The number of nitrogens with zero attached hydrogens (tertiary/aromatic N) is 2. The third kappa shape index (κ3) is 4.14. The fourth-order valence-electron chi connectivity index (χ4n) is 3.46. The summed E-state index contributed by atoms with van der Waals surface area (Å²) >= 11 is 0. The first-order valence-corrected chi connectivity index (χ1v) is 9.48. The zero-order chi connectivity index (χ0) is 18.6. The standard InChI is InChI=1S/C22H25N3O2/c1-17-6-8-19(9-7-17)27-15-14-24-10-12-25(13-11-24)22(26)21-16-18-4-2-3-5-20(18)23-21/h2-9,16,23H,10-15H2,1H3. The van der Waals surface area contributed by atoms with Gasteiger partial charge in [-0.25, -0.2) is 0 Å². The molecule has 5 heteroatoms. The lowest BCUT2D eigenvalue weighted by Gasteiger charge is -2.34. The number of aromatic amines is 1. The van der Waals surface area contributed by atoms with Crippen LogP contribution in [0.15, 0.2) is 54.6 Å². The van der Waals surface area contributed by atoms with Gasteiger partial charge >= 0.3 is 0 Å². The van der Waals surface area contributed by atoms with Gasteiger partial charge in [-0.2, -0.15) is 0 Å². The van der Waals surface area contributed by atoms with E-state index in [4.69, 9.17) is 4.74 Å². The fourth-order valence-corrected chi connectivity index (χ4v) is 3.46. The van der Waals surface area contributed by atoms with E-state index >= 15 is 0 Å². The molecule has 1 amide bonds. The van der Waals surface area contributed by atoms with Crippen molar-refractivity contribution in [1.29, 1.82) is 0 Å². The SMILES string of the molecule is Cc1ccc(OCCN2CCN(C(=O)c3cc4ccccc4[nH]3)CC2)cc1. The molecule has 1 N–H and O–H groups in total. The summed E-state index contributed by atoms with van der Waals surface area (Å²) in [6, 6.07) is 18.1. The molecule has 140 valence electrons. The smallest absolute Gasteiger partial charge is 0.270 e. The van der Waals surface area contributed by atoms with Gasteiger partial charge in [0.25, 0.3) is 5.91 Å². The molecule has 0 atom stereocenters. The molecule has 2 heterocycles. The zero-order valence-corrected chi connectivity index (χ0v) is 15.6. The van der Waals surface area contributed by atoms with Gasteiger partial charge < -0.3 is 14.6 Å². The predicted octanol–water partition coefficient (Wildman–Crippen LogP) is 3.31. The van der Waals surface area contributed by atoms with E-state index < -0.39 is 0 Å². The van der Waals surface area contributed by atoms with Crippen LogP contribution >= 0.6 is 0 Å². The third-order valence-corrected chi connectivity index (χ3v) is 5.12. The number of aromatic nitrogens is 1. The van der Waals surface area contributed by atoms with Gasteiger partial charge in [-0.3, -0.25) is 9.69 Å². The highest BCUT2D eigenvalue weighted by molar-refractivity contribution is 5.98. The van der Waals surface area contributed by atoms with Crippen LogP contribution in [0.5, 0.6) is 5.75 Å². The van der Waals surface area contributed by atoms with E-state index in [9.17, 15) is 4.79 Å². The second-order valence-corrected chi connectivity index (χ2v) is 7.07. The van der Waals surface area contributed by atoms with Crippen LogP contribution in [0.3, 0.4) is 0 Å². The Morgan fingerprint density at radius 2 is 1.78 bits per heavy atom. The van der Waals surface area contributed by atoms with Crippen LogP contribution in [0.2, 0.25) is 0 Å². The number of hydrogen-bond donors (Lipinski definition) is 1. The van der Waals surface area contributed by atoms with Crippen LogP contribution in [0.25, 0.3) is 10.9 Å². The number of fused-ring (bicyclic) bond motifs is 1. The number of piperazine rings is 1. The van der Waals surface area contributed by atoms with E-state index in [1.54, 1.807) is 0 Å². The van der Waals surface area contributed by atoms with E-state index in [0.717, 1.165) is 49.4 Å². The van der Waals surface area contributed by atoms with Crippen molar-refractivity contribution < 1.29 is 9.53 Å². The molecule has 0 bridgehead atoms. The minimum Gasteiger partial charge on any atom is -0.492 e. The summed E-state index contributed by atoms with van der Waals surface area (Å²) in [5, 5.41) is 1.08. The minimum atomic E-state index is 0.0850. The summed E-state index contributed by atoms with van der Waals surface area (Å²) in [7, 11) is 0. The first-order valence-electron chi connectivity index (χ1n) is 9.48. The number of para-hydroxylation sites is 1. The lowest BCUT2D eigenvalue weighted by atomic mass is 10.2. The molecule has 1 saturated heterocycles. The van der Waals surface area contributed by atoms with Gasteiger partial charge in [-0.1, -0.05) is 35.9 Å². The second-order valence-electron chi connectivity index (χ2n) is 7.07. The van der Waals surface area contributed by atoms with Crippen molar-refractivity contribution in [2.45, 2.75) is 6.92 Å². The molecule has 1 aliphatic heterocycles. The molecule has 0 unspecified atom stereocenters. The monoisotopic (exact) mass is 363 g/mol. The van der Waals surface area contributed by atoms with Gasteiger partial charge in [0, 0.05) is 43.6 Å². The molecule has 3 aromatic rings. The average Bonchev–Trinajstić information content (AvgIpc) is 3.14. The molecule has 0 radical (unpaired) electrons. The maximum Gasteiger partial charge on any atom is 0.270 e. The van der Waals surface area contributed by atoms with Crippen molar-refractivity contribution >= 4 is 16.8 Å². The molecular weight excluding hydrogens is 338 g/mol. The first kappa shape index (κ1) is 17.6. The summed E-state index contributed by atoms with van der Waals surface area (Å²) < 4.78 is 5.81. The van der Waals surface area contributed by atoms with Crippen molar-refractivity contribution in [2.24, 2.45) is 0 Å². The molecule has 27 heavy (non-hydrogen) atoms. The van der Waals surface area contributed by atoms with E-state index in [1.165, 1.54) is 5.56 Å². The molecule has 1 aliphatic rings. The highest BCUT2D eigenvalue weighted by atomic mass is 16.5. The third-order valence-electron chi connectivity index (χ3n) is 5.12. The molecular formula is C22H25N3O2. The summed E-state index contributed by atoms with van der Waals surface area (Å²) in [5.41, 5.74) is 2.91. The minimum absolute atomic E-state index is 0.0850. The Hall–Kier alpha value is -2.79. The first-order chi connectivity index (χ1) is 13.2. The van der Waals surface area contributed by atoms with Crippen LogP contribution in [-0.2, 0) is 0 Å². The van der Waals surface area contributed by atoms with E-state index in [0.29, 0.717) is 12.3 Å². The number of nitrogens with one attached hydrogen (secondary N) is 1. The van der Waals surface area contributed by atoms with Gasteiger partial charge in [0.05, 0.1) is 0 Å². The van der Waals surface area contributed by atoms with Crippen molar-refractivity contribution in [3.8, 4) is 5.75 Å². The number of carbonyl (C=O) groups is 1. The molecule has 2 aromatic carbocycles. The Kier molecular flexibility index (Phi) is 5.12. The number of H-pyrrole nitrogens is 1. The average molecular weight is 363 g/mol. The van der Waals surface area contributed by atoms with Crippen LogP contribution < -0.4 is 4.74 Å². The van der Waals surface area contributed by atoms with Gasteiger partial charge in [0.15, 0.2) is 0 Å². The topological polar surface area (TPSA) is 48.6 Å². The maximum atomic E-state index is 12.8. The molecule has 0 saturated carbocycles. The Morgan fingerprint density at radius 3 is 2.52 bits per heavy atom. The molecule has 5 nitrogen and oxygen atoms in total. The second kappa shape index (κ2) is 7.84. The summed E-state index contributed by atoms with van der Waals surface area (Å²) in [6.07, 6.45) is 0. The number of amides is 1. The maximum absolute atomic E-state index is 12.8. The number of benzene rings is 2. The lowest BCUT2D eigenvalue weighted by Crippen LogP contribution is -2.49. The van der Waals surface area contributed by atoms with Gasteiger partial charge in [-0.05, 0) is 31.2 Å². The predicted molar refractivity (Wildman–Crippen MR) is 107 cm³/mol. The van der Waals surface area contributed by atoms with Gasteiger partial charge in [0.1, 0.15) is 18.1 Å². The van der Waals surface area contributed by atoms with Crippen LogP contribution in [0, 0.1) is 6.92 Å². The zero-order valence-electron chi connectivity index (χ0n) is 15.6. The van der Waals surface area contributed by atoms with Gasteiger partial charge in [0.2, 0.25) is 0 Å². The highest BCUT2D eigenvalue weighted by Gasteiger charge is 2.23. The van der Waals surface area contributed by atoms with Crippen LogP contribution in [-0.4, -0.2) is 60.0 Å². The number of aryl methyl sites for hydroxylation is 1. The molecule has 4 rings (SSSR count). The number of hydrogen-bond acceptors (Lipinski definition) is 3. The van der Waals surface area contributed by atoms with Crippen molar-refractivity contribution in [3.05, 3.63) is 65.9 Å². The van der Waals surface area contributed by atoms with E-state index in [-0.39, 0.29) is 5.91 Å². The molecule has 1 fully saturated rings. The number of ether oxygens (including phenoxy) is 1. The van der Waals surface area contributed by atoms with E-state index in [1.807, 2.05) is 47.4 Å². The van der Waals surface area contributed by atoms with Gasteiger partial charge in [-0.15, -0.1) is 0 Å². The molecule has 1 aromatic heterocycles. The Bertz CT molecular complexity index is 876. The number of rotatable bonds is 5. The van der Waals surface area contributed by atoms with E-state index in [2.05, 4.69) is 28.9 Å². The molecule has 0 aliphatic carbocycles. The van der Waals surface area contributed by atoms with Crippen molar-refractivity contribution in [1.82, 2.24) is 14.8 Å². The molecule has 0 spiro atoms. The Morgan fingerprint density at radius 1 is 1.04 bits per heavy atom. The Balaban J connectivity index is 1.25. The van der Waals surface area contributed by atoms with Crippen LogP contribution in [0.1, 0.15) is 16.1 Å². The highest BCUT2D eigenvalue weighted by Crippen LogP contribution is 2.17. The number of carbonyl (C=O) groups excluding carboxylic acids is 1. The largest absolute Gasteiger partial charge is 0.492 e. The summed E-state index contributed by atoms with van der Waals surface area (Å²) in [6.45, 7) is 6.87. The van der Waals surface area contributed by atoms with Crippen molar-refractivity contribution in [3.63, 3.8) is 0 Å². The summed E-state index contributed by atoms with van der Waals surface area (Å²) in [5.74, 6) is 0.995. The van der Waals surface area contributed by atoms with Crippen LogP contribution in [0.4, 0.5) is 0 Å². The normalized spacial score (nSPS) is 15.2.